The van der Waals surface area contributed by atoms with E-state index in [-0.39, 0.29) is 6.54 Å². The summed E-state index contributed by atoms with van der Waals surface area (Å²) in [5.41, 5.74) is 3.42. The summed E-state index contributed by atoms with van der Waals surface area (Å²) in [5.74, 6) is 0. The fraction of sp³-hybridized carbons (Fsp3) is 0.462. The van der Waals surface area contributed by atoms with E-state index in [1.807, 2.05) is 23.9 Å². The van der Waals surface area contributed by atoms with Gasteiger partial charge in [-0.3, -0.25) is 0 Å². The number of rotatable bonds is 7. The fourth-order valence-corrected chi connectivity index (χ4v) is 3.86. The lowest BCUT2D eigenvalue weighted by Crippen LogP contribution is -2.26. The lowest BCUT2D eigenvalue weighted by Gasteiger charge is -2.14. The van der Waals surface area contributed by atoms with Crippen LogP contribution in [-0.4, -0.2) is 36.4 Å². The molecule has 0 unspecified atom stereocenters. The average molecular weight is 328 g/mol. The van der Waals surface area contributed by atoms with Crippen LogP contribution in [0.3, 0.4) is 0 Å². The van der Waals surface area contributed by atoms with Gasteiger partial charge in [-0.2, -0.15) is 4.31 Å². The number of hydrogen-bond donors (Lipinski definition) is 1. The van der Waals surface area contributed by atoms with Crippen molar-refractivity contribution in [1.82, 2.24) is 19.2 Å². The zero-order valence-electron chi connectivity index (χ0n) is 12.4. The quantitative estimate of drug-likeness (QED) is 0.836. The number of aromatic nitrogens is 2. The molecule has 8 heteroatoms. The van der Waals surface area contributed by atoms with Crippen LogP contribution >= 0.6 is 11.3 Å². The van der Waals surface area contributed by atoms with Gasteiger partial charge < -0.3 is 9.88 Å². The molecule has 0 amide bonds. The Morgan fingerprint density at radius 3 is 2.81 bits per heavy atom. The Morgan fingerprint density at radius 2 is 2.24 bits per heavy atom. The molecule has 0 saturated carbocycles. The smallest absolute Gasteiger partial charge is 0.244 e. The molecule has 2 heterocycles. The average Bonchev–Trinajstić information content (AvgIpc) is 3.08. The fourth-order valence-electron chi connectivity index (χ4n) is 2.10. The molecule has 2 aromatic rings. The molecule has 2 rings (SSSR count). The van der Waals surface area contributed by atoms with Crippen LogP contribution in [0.15, 0.2) is 28.0 Å². The summed E-state index contributed by atoms with van der Waals surface area (Å²) >= 11 is 1.46. The van der Waals surface area contributed by atoms with E-state index in [9.17, 15) is 8.42 Å². The van der Waals surface area contributed by atoms with Gasteiger partial charge in [0.2, 0.25) is 10.0 Å². The van der Waals surface area contributed by atoms with E-state index in [0.29, 0.717) is 11.4 Å². The van der Waals surface area contributed by atoms with Crippen LogP contribution in [0, 0.1) is 0 Å². The molecule has 0 spiro atoms. The van der Waals surface area contributed by atoms with Gasteiger partial charge in [-0.1, -0.05) is 0 Å². The molecule has 0 fully saturated rings. The summed E-state index contributed by atoms with van der Waals surface area (Å²) in [5, 5.41) is 4.91. The van der Waals surface area contributed by atoms with Gasteiger partial charge in [0.1, 0.15) is 4.90 Å². The summed E-state index contributed by atoms with van der Waals surface area (Å²) in [6.07, 6.45) is 1.69. The first-order chi connectivity index (χ1) is 9.98. The summed E-state index contributed by atoms with van der Waals surface area (Å²) in [6.45, 7) is 3.65. The molecule has 0 atom stereocenters. The van der Waals surface area contributed by atoms with Gasteiger partial charge in [0.15, 0.2) is 0 Å². The highest BCUT2D eigenvalue weighted by atomic mass is 32.2. The maximum Gasteiger partial charge on any atom is 0.244 e. The summed E-state index contributed by atoms with van der Waals surface area (Å²) in [6, 6.07) is 1.73. The SMILES string of the molecule is CCn1cc(S(=O)(=O)N(C)Cc2cscn2)cc1CNC. The van der Waals surface area contributed by atoms with Crippen molar-refractivity contribution in [2.24, 2.45) is 0 Å². The molecule has 0 saturated heterocycles. The van der Waals surface area contributed by atoms with Crippen LogP contribution in [0.1, 0.15) is 18.3 Å². The Labute approximate surface area is 129 Å². The molecule has 0 aliphatic heterocycles. The Morgan fingerprint density at radius 1 is 1.48 bits per heavy atom. The highest BCUT2D eigenvalue weighted by Crippen LogP contribution is 2.20. The summed E-state index contributed by atoms with van der Waals surface area (Å²) in [7, 11) is -0.0739. The molecular formula is C13H20N4O2S2. The van der Waals surface area contributed by atoms with Gasteiger partial charge in [-0.15, -0.1) is 11.3 Å². The van der Waals surface area contributed by atoms with Crippen LogP contribution in [0.4, 0.5) is 0 Å². The molecule has 6 nitrogen and oxygen atoms in total. The normalized spacial score (nSPS) is 12.2. The van der Waals surface area contributed by atoms with Crippen molar-refractivity contribution in [1.29, 1.82) is 0 Å². The first kappa shape index (κ1) is 16.2. The molecule has 0 aromatic carbocycles. The predicted octanol–water partition coefficient (Wildman–Crippen LogP) is 1.50. The van der Waals surface area contributed by atoms with E-state index in [1.54, 1.807) is 24.8 Å². The highest BCUT2D eigenvalue weighted by molar-refractivity contribution is 7.89. The standard InChI is InChI=1S/C13H20N4O2S2/c1-4-17-8-13(5-12(17)6-14-2)21(18,19)16(3)7-11-9-20-10-15-11/h5,8-10,14H,4,6-7H2,1-3H3. The number of sulfonamides is 1. The number of nitrogens with zero attached hydrogens (tertiary/aromatic N) is 3. The molecule has 116 valence electrons. The van der Waals surface area contributed by atoms with Crippen LogP contribution in [-0.2, 0) is 29.7 Å². The van der Waals surface area contributed by atoms with Crippen molar-refractivity contribution in [3.63, 3.8) is 0 Å². The Kier molecular flexibility index (Phi) is 5.15. The molecule has 1 N–H and O–H groups in total. The second-order valence-corrected chi connectivity index (χ2v) is 7.49. The van der Waals surface area contributed by atoms with E-state index in [2.05, 4.69) is 10.3 Å². The zero-order chi connectivity index (χ0) is 15.5. The third-order valence-electron chi connectivity index (χ3n) is 3.24. The third kappa shape index (κ3) is 3.52. The summed E-state index contributed by atoms with van der Waals surface area (Å²) in [4.78, 5) is 4.46. The van der Waals surface area contributed by atoms with Crippen LogP contribution in [0.5, 0.6) is 0 Å². The first-order valence-electron chi connectivity index (χ1n) is 6.66. The van der Waals surface area contributed by atoms with E-state index in [4.69, 9.17) is 0 Å². The van der Waals surface area contributed by atoms with Crippen LogP contribution in [0.25, 0.3) is 0 Å². The van der Waals surface area contributed by atoms with Crippen LogP contribution < -0.4 is 5.32 Å². The predicted molar refractivity (Wildman–Crippen MR) is 83.6 cm³/mol. The first-order valence-corrected chi connectivity index (χ1v) is 9.04. The van der Waals surface area contributed by atoms with Crippen LogP contribution in [0.2, 0.25) is 0 Å². The zero-order valence-corrected chi connectivity index (χ0v) is 14.0. The minimum Gasteiger partial charge on any atom is -0.349 e. The Hall–Kier alpha value is -1.22. The molecule has 0 bridgehead atoms. The van der Waals surface area contributed by atoms with Crippen molar-refractivity contribution in [2.45, 2.75) is 31.5 Å². The largest absolute Gasteiger partial charge is 0.349 e. The molecule has 0 aliphatic rings. The van der Waals surface area contributed by atoms with Gasteiger partial charge in [0, 0.05) is 37.4 Å². The number of aryl methyl sites for hydroxylation is 1. The van der Waals surface area contributed by atoms with Gasteiger partial charge in [0.05, 0.1) is 17.7 Å². The monoisotopic (exact) mass is 328 g/mol. The molecule has 21 heavy (non-hydrogen) atoms. The van der Waals surface area contributed by atoms with Crippen molar-refractivity contribution >= 4 is 21.4 Å². The Balaban J connectivity index is 2.26. The summed E-state index contributed by atoms with van der Waals surface area (Å²) < 4.78 is 28.5. The molecular weight excluding hydrogens is 308 g/mol. The van der Waals surface area contributed by atoms with Crippen molar-refractivity contribution in [3.05, 3.63) is 34.5 Å². The number of hydrogen-bond acceptors (Lipinski definition) is 5. The topological polar surface area (TPSA) is 67.2 Å². The number of nitrogens with one attached hydrogen (secondary N) is 1. The molecule has 0 radical (unpaired) electrons. The van der Waals surface area contributed by atoms with E-state index in [0.717, 1.165) is 17.9 Å². The molecule has 0 aliphatic carbocycles. The minimum absolute atomic E-state index is 0.282. The van der Waals surface area contributed by atoms with Gasteiger partial charge >= 0.3 is 0 Å². The second kappa shape index (κ2) is 6.69. The number of thiazole rings is 1. The molecule has 2 aromatic heterocycles. The van der Waals surface area contributed by atoms with Crippen molar-refractivity contribution in [3.8, 4) is 0 Å². The van der Waals surface area contributed by atoms with E-state index in [1.165, 1.54) is 15.6 Å². The lowest BCUT2D eigenvalue weighted by atomic mass is 10.4. The highest BCUT2D eigenvalue weighted by Gasteiger charge is 2.23. The van der Waals surface area contributed by atoms with Crippen molar-refractivity contribution in [2.75, 3.05) is 14.1 Å². The second-order valence-electron chi connectivity index (χ2n) is 4.72. The maximum atomic E-state index is 12.6. The van der Waals surface area contributed by atoms with E-state index >= 15 is 0 Å². The Bertz CT molecular complexity index is 677. The van der Waals surface area contributed by atoms with Gasteiger partial charge in [0.25, 0.3) is 0 Å². The van der Waals surface area contributed by atoms with Crippen molar-refractivity contribution < 1.29 is 8.42 Å². The van der Waals surface area contributed by atoms with Gasteiger partial charge in [-0.25, -0.2) is 13.4 Å². The van der Waals surface area contributed by atoms with E-state index < -0.39 is 10.0 Å². The lowest BCUT2D eigenvalue weighted by molar-refractivity contribution is 0.463. The minimum atomic E-state index is -3.50. The maximum absolute atomic E-state index is 12.6. The van der Waals surface area contributed by atoms with Gasteiger partial charge in [-0.05, 0) is 20.0 Å². The third-order valence-corrected chi connectivity index (χ3v) is 5.64.